The zero-order valence-corrected chi connectivity index (χ0v) is 18.9. The van der Waals surface area contributed by atoms with Crippen molar-refractivity contribution in [1.29, 1.82) is 0 Å². The van der Waals surface area contributed by atoms with Gasteiger partial charge in [0.2, 0.25) is 0 Å². The number of nitrogens with one attached hydrogen (secondary N) is 1. The van der Waals surface area contributed by atoms with E-state index in [1.807, 2.05) is 37.3 Å². The molecule has 32 heavy (non-hydrogen) atoms. The number of halogens is 1. The van der Waals surface area contributed by atoms with Crippen molar-refractivity contribution in [2.75, 3.05) is 44.3 Å². The molecule has 2 aliphatic heterocycles. The first-order valence-electron chi connectivity index (χ1n) is 11.4. The molecule has 0 saturated carbocycles. The standard InChI is InChI=1S/C26H31FN4O/c1-3-22(25-21-8-5-4-6-9-23(21)29-26(25)32)28-24-18-20(11-10-19(24)2)31-14-7-13-30(15-12-27)16-17-31/h4-6,8-11,18H,3,7,12-17H2,1-2H3,(H,29,32). The van der Waals surface area contributed by atoms with Gasteiger partial charge in [-0.3, -0.25) is 14.7 Å². The Bertz CT molecular complexity index is 1120. The lowest BCUT2D eigenvalue weighted by atomic mass is 10.0. The highest BCUT2D eigenvalue weighted by Gasteiger charge is 2.19. The minimum Gasteiger partial charge on any atom is -0.370 e. The van der Waals surface area contributed by atoms with Crippen molar-refractivity contribution in [2.24, 2.45) is 4.99 Å². The Labute approximate surface area is 188 Å². The first-order chi connectivity index (χ1) is 15.6. The SMILES string of the molecule is CCC(=Nc1cc(N2CCCN(CCF)CC2)ccc1C)c1c2cccccc-2[nH]c1=O. The second-order valence-electron chi connectivity index (χ2n) is 8.32. The molecule has 6 heteroatoms. The summed E-state index contributed by atoms with van der Waals surface area (Å²) < 4.78 is 12.8. The molecule has 0 spiro atoms. The van der Waals surface area contributed by atoms with Crippen LogP contribution < -0.4 is 10.5 Å². The fraction of sp³-hybridized carbons (Fsp3) is 0.385. The van der Waals surface area contributed by atoms with Gasteiger partial charge in [0.15, 0.2) is 0 Å². The van der Waals surface area contributed by atoms with E-state index < -0.39 is 0 Å². The van der Waals surface area contributed by atoms with Crippen molar-refractivity contribution in [3.63, 3.8) is 0 Å². The van der Waals surface area contributed by atoms with E-state index in [1.54, 1.807) is 0 Å². The topological polar surface area (TPSA) is 51.7 Å². The van der Waals surface area contributed by atoms with Crippen LogP contribution in [0.2, 0.25) is 0 Å². The number of H-pyrrole nitrogens is 1. The van der Waals surface area contributed by atoms with Gasteiger partial charge in [0.25, 0.3) is 5.56 Å². The Balaban J connectivity index is 1.67. The molecule has 2 heterocycles. The molecule has 1 aromatic rings. The summed E-state index contributed by atoms with van der Waals surface area (Å²) in [7, 11) is 0. The number of aromatic amines is 1. The van der Waals surface area contributed by atoms with Gasteiger partial charge in [-0.2, -0.15) is 0 Å². The Morgan fingerprint density at radius 3 is 2.75 bits per heavy atom. The lowest BCUT2D eigenvalue weighted by Crippen LogP contribution is -2.31. The van der Waals surface area contributed by atoms with Gasteiger partial charge in [-0.25, -0.2) is 4.39 Å². The second kappa shape index (κ2) is 10.1. The molecule has 1 fully saturated rings. The smallest absolute Gasteiger partial charge is 0.258 e. The number of nitrogens with zero attached hydrogens (tertiary/aromatic N) is 3. The molecule has 3 aliphatic rings. The van der Waals surface area contributed by atoms with E-state index in [-0.39, 0.29) is 12.2 Å². The Hall–Kier alpha value is -2.99. The number of aromatic nitrogens is 1. The van der Waals surface area contributed by atoms with Gasteiger partial charge in [-0.15, -0.1) is 0 Å². The van der Waals surface area contributed by atoms with Crippen LogP contribution in [-0.4, -0.2) is 55.0 Å². The number of aryl methyl sites for hydroxylation is 1. The van der Waals surface area contributed by atoms with E-state index in [2.05, 4.69) is 39.9 Å². The predicted octanol–water partition coefficient (Wildman–Crippen LogP) is 4.80. The Morgan fingerprint density at radius 1 is 1.09 bits per heavy atom. The fourth-order valence-electron chi connectivity index (χ4n) is 4.41. The summed E-state index contributed by atoms with van der Waals surface area (Å²) in [6.07, 6.45) is 1.67. The monoisotopic (exact) mass is 434 g/mol. The first kappa shape index (κ1) is 22.2. The molecule has 0 aromatic heterocycles. The van der Waals surface area contributed by atoms with Crippen molar-refractivity contribution in [2.45, 2.75) is 26.7 Å². The van der Waals surface area contributed by atoms with Gasteiger partial charge in [0.1, 0.15) is 6.67 Å². The molecular weight excluding hydrogens is 403 g/mol. The first-order valence-corrected chi connectivity index (χ1v) is 11.4. The molecule has 0 unspecified atom stereocenters. The lowest BCUT2D eigenvalue weighted by Gasteiger charge is -2.24. The molecule has 4 rings (SSSR count). The van der Waals surface area contributed by atoms with Gasteiger partial charge in [0.05, 0.1) is 17.0 Å². The van der Waals surface area contributed by atoms with E-state index in [0.29, 0.717) is 18.5 Å². The lowest BCUT2D eigenvalue weighted by molar-refractivity contribution is 0.263. The molecule has 1 N–H and O–H groups in total. The molecule has 1 saturated heterocycles. The molecule has 0 bridgehead atoms. The minimum atomic E-state index is -0.295. The number of benzene rings is 1. The van der Waals surface area contributed by atoms with Crippen LogP contribution in [0.1, 0.15) is 30.9 Å². The zero-order valence-electron chi connectivity index (χ0n) is 18.9. The van der Waals surface area contributed by atoms with Crippen LogP contribution in [0.25, 0.3) is 11.3 Å². The van der Waals surface area contributed by atoms with Crippen LogP contribution in [0.15, 0.2) is 58.3 Å². The normalized spacial score (nSPS) is 15.8. The van der Waals surface area contributed by atoms with Crippen molar-refractivity contribution in [1.82, 2.24) is 9.88 Å². The highest BCUT2D eigenvalue weighted by molar-refractivity contribution is 6.07. The molecule has 1 aliphatic carbocycles. The highest BCUT2D eigenvalue weighted by atomic mass is 19.1. The van der Waals surface area contributed by atoms with Gasteiger partial charge >= 0.3 is 0 Å². The summed E-state index contributed by atoms with van der Waals surface area (Å²) in [6, 6.07) is 16.1. The molecule has 0 amide bonds. The summed E-state index contributed by atoms with van der Waals surface area (Å²) in [5.41, 5.74) is 6.15. The Kier molecular flexibility index (Phi) is 7.00. The third-order valence-electron chi connectivity index (χ3n) is 6.21. The third-order valence-corrected chi connectivity index (χ3v) is 6.21. The number of alkyl halides is 1. The second-order valence-corrected chi connectivity index (χ2v) is 8.32. The van der Waals surface area contributed by atoms with Crippen LogP contribution in [0.5, 0.6) is 0 Å². The minimum absolute atomic E-state index is 0.0962. The number of aliphatic imine (C=N–C) groups is 1. The summed E-state index contributed by atoms with van der Waals surface area (Å²) in [6.45, 7) is 7.91. The van der Waals surface area contributed by atoms with E-state index in [9.17, 15) is 9.18 Å². The summed E-state index contributed by atoms with van der Waals surface area (Å²) in [5, 5.41) is 0. The fourth-order valence-corrected chi connectivity index (χ4v) is 4.41. The average molecular weight is 435 g/mol. The van der Waals surface area contributed by atoms with E-state index >= 15 is 0 Å². The van der Waals surface area contributed by atoms with Crippen molar-refractivity contribution >= 4 is 17.1 Å². The molecule has 0 radical (unpaired) electrons. The highest BCUT2D eigenvalue weighted by Crippen LogP contribution is 2.29. The van der Waals surface area contributed by atoms with Crippen molar-refractivity contribution < 1.29 is 4.39 Å². The molecule has 168 valence electrons. The quantitative estimate of drug-likeness (QED) is 0.567. The maximum atomic E-state index is 12.8. The van der Waals surface area contributed by atoms with Crippen LogP contribution in [-0.2, 0) is 0 Å². The number of hydrogen-bond acceptors (Lipinski definition) is 4. The molecule has 1 aromatic carbocycles. The molecular formula is C26H31FN4O. The van der Waals surface area contributed by atoms with Crippen molar-refractivity contribution in [3.05, 3.63) is 70.0 Å². The van der Waals surface area contributed by atoms with Crippen LogP contribution in [0.3, 0.4) is 0 Å². The Morgan fingerprint density at radius 2 is 1.94 bits per heavy atom. The zero-order chi connectivity index (χ0) is 22.5. The predicted molar refractivity (Wildman–Crippen MR) is 131 cm³/mol. The van der Waals surface area contributed by atoms with Gasteiger partial charge in [0, 0.05) is 43.1 Å². The number of fused-ring (bicyclic) bond motifs is 1. The largest absolute Gasteiger partial charge is 0.370 e. The van der Waals surface area contributed by atoms with Crippen LogP contribution in [0, 0.1) is 6.92 Å². The molecule has 0 atom stereocenters. The van der Waals surface area contributed by atoms with E-state index in [0.717, 1.165) is 66.5 Å². The van der Waals surface area contributed by atoms with Crippen LogP contribution in [0.4, 0.5) is 15.8 Å². The van der Waals surface area contributed by atoms with Crippen molar-refractivity contribution in [3.8, 4) is 11.3 Å². The number of rotatable bonds is 6. The van der Waals surface area contributed by atoms with Gasteiger partial charge < -0.3 is 9.88 Å². The molecule has 5 nitrogen and oxygen atoms in total. The summed E-state index contributed by atoms with van der Waals surface area (Å²) >= 11 is 0. The maximum absolute atomic E-state index is 12.8. The number of anilines is 1. The maximum Gasteiger partial charge on any atom is 0.258 e. The van der Waals surface area contributed by atoms with E-state index in [1.165, 1.54) is 0 Å². The van der Waals surface area contributed by atoms with E-state index in [4.69, 9.17) is 4.99 Å². The van der Waals surface area contributed by atoms with Gasteiger partial charge in [-0.05, 0) is 50.1 Å². The average Bonchev–Trinajstić information content (AvgIpc) is 2.98. The summed E-state index contributed by atoms with van der Waals surface area (Å²) in [4.78, 5) is 25.3. The third kappa shape index (κ3) is 4.75. The summed E-state index contributed by atoms with van der Waals surface area (Å²) in [5.74, 6) is 0. The van der Waals surface area contributed by atoms with Gasteiger partial charge in [-0.1, -0.05) is 37.3 Å². The van der Waals surface area contributed by atoms with Crippen LogP contribution >= 0.6 is 0 Å². The number of hydrogen-bond donors (Lipinski definition) is 1.